The second-order valence-corrected chi connectivity index (χ2v) is 5.15. The lowest BCUT2D eigenvalue weighted by molar-refractivity contribution is 0.0442. The van der Waals surface area contributed by atoms with Gasteiger partial charge in [0.15, 0.2) is 0 Å². The van der Waals surface area contributed by atoms with E-state index in [0.717, 1.165) is 12.8 Å². The minimum Gasteiger partial charge on any atom is -0.390 e. The molecule has 0 spiro atoms. The zero-order valence-electron chi connectivity index (χ0n) is 11.3. The Kier molecular flexibility index (Phi) is 9.71. The Morgan fingerprint density at radius 2 is 1.50 bits per heavy atom. The van der Waals surface area contributed by atoms with Crippen LogP contribution in [0.2, 0.25) is 0 Å². The molecular weight excluding hydrogens is 196 g/mol. The molecule has 1 N–H and O–H groups in total. The first-order valence-electron chi connectivity index (χ1n) is 6.95. The van der Waals surface area contributed by atoms with E-state index in [2.05, 4.69) is 13.5 Å². The van der Waals surface area contributed by atoms with Gasteiger partial charge in [0.25, 0.3) is 0 Å². The number of hydrogen-bond donors (Lipinski definition) is 1. The van der Waals surface area contributed by atoms with Crippen molar-refractivity contribution in [2.24, 2.45) is 0 Å². The fourth-order valence-corrected chi connectivity index (χ4v) is 1.86. The third kappa shape index (κ3) is 10.2. The summed E-state index contributed by atoms with van der Waals surface area (Å²) in [6.07, 6.45) is 14.1. The van der Waals surface area contributed by atoms with Crippen LogP contribution in [0.3, 0.4) is 0 Å². The summed E-state index contributed by atoms with van der Waals surface area (Å²) in [5.74, 6) is 0. The van der Waals surface area contributed by atoms with Crippen LogP contribution in [0.4, 0.5) is 0 Å². The fraction of sp³-hybridized carbons (Fsp3) is 0.867. The standard InChI is InChI=1S/C15H30O/c1-4-6-7-8-9-10-11-12-13-14-15(3,16)5-2/h4,16H,1,5-14H2,2-3H3. The third-order valence-electron chi connectivity index (χ3n) is 3.39. The molecule has 0 aromatic rings. The maximum atomic E-state index is 9.81. The Morgan fingerprint density at radius 1 is 1.00 bits per heavy atom. The van der Waals surface area contributed by atoms with Crippen molar-refractivity contribution in [3.05, 3.63) is 12.7 Å². The molecule has 0 aliphatic heterocycles. The average molecular weight is 226 g/mol. The second kappa shape index (κ2) is 9.89. The van der Waals surface area contributed by atoms with Crippen molar-refractivity contribution in [3.63, 3.8) is 0 Å². The van der Waals surface area contributed by atoms with E-state index in [9.17, 15) is 5.11 Å². The van der Waals surface area contributed by atoms with Crippen LogP contribution in [0.1, 0.15) is 78.1 Å². The van der Waals surface area contributed by atoms with Gasteiger partial charge in [-0.3, -0.25) is 0 Å². The Balaban J connectivity index is 3.12. The molecule has 0 amide bonds. The van der Waals surface area contributed by atoms with Gasteiger partial charge in [-0.05, 0) is 32.6 Å². The van der Waals surface area contributed by atoms with E-state index in [1.54, 1.807) is 0 Å². The summed E-state index contributed by atoms with van der Waals surface area (Å²) < 4.78 is 0. The monoisotopic (exact) mass is 226 g/mol. The molecule has 1 atom stereocenters. The van der Waals surface area contributed by atoms with Crippen molar-refractivity contribution in [1.29, 1.82) is 0 Å². The van der Waals surface area contributed by atoms with Crippen molar-refractivity contribution in [1.82, 2.24) is 0 Å². The van der Waals surface area contributed by atoms with E-state index in [1.807, 2.05) is 13.0 Å². The first-order chi connectivity index (χ1) is 7.62. The highest BCUT2D eigenvalue weighted by atomic mass is 16.3. The second-order valence-electron chi connectivity index (χ2n) is 5.15. The molecule has 1 nitrogen and oxygen atoms in total. The van der Waals surface area contributed by atoms with Crippen LogP contribution in [0.15, 0.2) is 12.7 Å². The first-order valence-corrected chi connectivity index (χ1v) is 6.95. The summed E-state index contributed by atoms with van der Waals surface area (Å²) >= 11 is 0. The van der Waals surface area contributed by atoms with Gasteiger partial charge in [-0.2, -0.15) is 0 Å². The SMILES string of the molecule is C=CCCCCCCCCCC(C)(O)CC. The lowest BCUT2D eigenvalue weighted by atomic mass is 9.95. The van der Waals surface area contributed by atoms with E-state index >= 15 is 0 Å². The largest absolute Gasteiger partial charge is 0.390 e. The number of unbranched alkanes of at least 4 members (excludes halogenated alkanes) is 7. The van der Waals surface area contributed by atoms with Crippen molar-refractivity contribution in [3.8, 4) is 0 Å². The Bertz CT molecular complexity index is 161. The molecule has 0 aliphatic rings. The van der Waals surface area contributed by atoms with Crippen LogP contribution in [0.5, 0.6) is 0 Å². The van der Waals surface area contributed by atoms with Gasteiger partial charge in [0.05, 0.1) is 5.60 Å². The van der Waals surface area contributed by atoms with E-state index in [0.29, 0.717) is 0 Å². The molecule has 0 aromatic carbocycles. The normalized spacial score (nSPS) is 14.7. The molecule has 0 heterocycles. The number of aliphatic hydroxyl groups is 1. The van der Waals surface area contributed by atoms with Crippen LogP contribution in [0, 0.1) is 0 Å². The predicted molar refractivity (Wildman–Crippen MR) is 72.7 cm³/mol. The molecule has 1 unspecified atom stereocenters. The molecule has 0 saturated heterocycles. The molecule has 96 valence electrons. The van der Waals surface area contributed by atoms with Gasteiger partial charge >= 0.3 is 0 Å². The van der Waals surface area contributed by atoms with E-state index in [-0.39, 0.29) is 0 Å². The highest BCUT2D eigenvalue weighted by Crippen LogP contribution is 2.18. The molecule has 0 bridgehead atoms. The number of allylic oxidation sites excluding steroid dienone is 1. The Hall–Kier alpha value is -0.300. The zero-order valence-corrected chi connectivity index (χ0v) is 11.3. The van der Waals surface area contributed by atoms with Gasteiger partial charge < -0.3 is 5.11 Å². The van der Waals surface area contributed by atoms with Crippen molar-refractivity contribution in [2.45, 2.75) is 83.7 Å². The molecular formula is C15H30O. The Labute approximate surface area is 102 Å². The van der Waals surface area contributed by atoms with Crippen LogP contribution in [-0.2, 0) is 0 Å². The summed E-state index contributed by atoms with van der Waals surface area (Å²) in [6.45, 7) is 7.73. The van der Waals surface area contributed by atoms with Crippen LogP contribution in [0.25, 0.3) is 0 Å². The molecule has 0 saturated carbocycles. The molecule has 0 aliphatic carbocycles. The van der Waals surface area contributed by atoms with Gasteiger partial charge in [-0.15, -0.1) is 6.58 Å². The lowest BCUT2D eigenvalue weighted by Gasteiger charge is -2.20. The predicted octanol–water partition coefficient (Wildman–Crippen LogP) is 4.84. The van der Waals surface area contributed by atoms with Crippen LogP contribution < -0.4 is 0 Å². The molecule has 16 heavy (non-hydrogen) atoms. The number of rotatable bonds is 11. The summed E-state index contributed by atoms with van der Waals surface area (Å²) in [5, 5.41) is 9.81. The first kappa shape index (κ1) is 15.7. The van der Waals surface area contributed by atoms with Crippen molar-refractivity contribution in [2.75, 3.05) is 0 Å². The number of hydrogen-bond acceptors (Lipinski definition) is 1. The fourth-order valence-electron chi connectivity index (χ4n) is 1.86. The quantitative estimate of drug-likeness (QED) is 0.394. The maximum Gasteiger partial charge on any atom is 0.0617 e. The van der Waals surface area contributed by atoms with Gasteiger partial charge in [0.1, 0.15) is 0 Å². The van der Waals surface area contributed by atoms with Gasteiger partial charge in [-0.25, -0.2) is 0 Å². The average Bonchev–Trinajstić information content (AvgIpc) is 2.27. The minimum atomic E-state index is -0.427. The van der Waals surface area contributed by atoms with E-state index in [4.69, 9.17) is 0 Å². The highest BCUT2D eigenvalue weighted by Gasteiger charge is 2.15. The summed E-state index contributed by atoms with van der Waals surface area (Å²) in [5.41, 5.74) is -0.427. The third-order valence-corrected chi connectivity index (χ3v) is 3.39. The van der Waals surface area contributed by atoms with Crippen LogP contribution in [-0.4, -0.2) is 10.7 Å². The smallest absolute Gasteiger partial charge is 0.0617 e. The maximum absolute atomic E-state index is 9.81. The molecule has 0 rings (SSSR count). The van der Waals surface area contributed by atoms with Gasteiger partial charge in [0, 0.05) is 0 Å². The zero-order chi connectivity index (χ0) is 12.3. The topological polar surface area (TPSA) is 20.2 Å². The van der Waals surface area contributed by atoms with Crippen molar-refractivity contribution >= 4 is 0 Å². The van der Waals surface area contributed by atoms with Gasteiger partial charge in [0.2, 0.25) is 0 Å². The summed E-state index contributed by atoms with van der Waals surface area (Å²) in [4.78, 5) is 0. The van der Waals surface area contributed by atoms with Gasteiger partial charge in [-0.1, -0.05) is 51.5 Å². The minimum absolute atomic E-state index is 0.427. The lowest BCUT2D eigenvalue weighted by Crippen LogP contribution is -2.22. The van der Waals surface area contributed by atoms with E-state index in [1.165, 1.54) is 51.4 Å². The van der Waals surface area contributed by atoms with Crippen molar-refractivity contribution < 1.29 is 5.11 Å². The Morgan fingerprint density at radius 3 is 2.00 bits per heavy atom. The summed E-state index contributed by atoms with van der Waals surface area (Å²) in [6, 6.07) is 0. The van der Waals surface area contributed by atoms with Crippen LogP contribution >= 0.6 is 0 Å². The van der Waals surface area contributed by atoms with E-state index < -0.39 is 5.60 Å². The molecule has 0 fully saturated rings. The summed E-state index contributed by atoms with van der Waals surface area (Å²) in [7, 11) is 0. The molecule has 0 radical (unpaired) electrons. The molecule has 0 aromatic heterocycles. The highest BCUT2D eigenvalue weighted by molar-refractivity contribution is 4.69. The molecule has 1 heteroatoms.